The van der Waals surface area contributed by atoms with Gasteiger partial charge in [0.15, 0.2) is 5.13 Å². The van der Waals surface area contributed by atoms with Crippen LogP contribution in [0, 0.1) is 0 Å². The summed E-state index contributed by atoms with van der Waals surface area (Å²) >= 11 is 7.33. The average molecular weight is 345 g/mol. The fourth-order valence-electron chi connectivity index (χ4n) is 2.07. The van der Waals surface area contributed by atoms with E-state index in [1.54, 1.807) is 19.3 Å². The second-order valence-corrected chi connectivity index (χ2v) is 6.16. The van der Waals surface area contributed by atoms with Crippen LogP contribution in [-0.4, -0.2) is 18.0 Å². The number of aromatic nitrogens is 1. The van der Waals surface area contributed by atoms with Crippen LogP contribution in [0.3, 0.4) is 0 Å². The number of thiazole rings is 1. The number of methoxy groups -OCH3 is 1. The van der Waals surface area contributed by atoms with E-state index in [4.69, 9.17) is 16.3 Å². The Morgan fingerprint density at radius 3 is 2.96 bits per heavy atom. The molecule has 0 aliphatic rings. The Kier molecular flexibility index (Phi) is 4.60. The smallest absolute Gasteiger partial charge is 0.250 e. The van der Waals surface area contributed by atoms with Crippen molar-refractivity contribution in [1.29, 1.82) is 0 Å². The number of hydrogen-bond acceptors (Lipinski definition) is 4. The molecule has 23 heavy (non-hydrogen) atoms. The predicted octanol–water partition coefficient (Wildman–Crippen LogP) is 4.61. The van der Waals surface area contributed by atoms with Gasteiger partial charge in [0.1, 0.15) is 5.75 Å². The first kappa shape index (κ1) is 15.5. The van der Waals surface area contributed by atoms with Gasteiger partial charge in [-0.25, -0.2) is 4.98 Å². The molecule has 1 N–H and O–H groups in total. The molecule has 1 aromatic heterocycles. The summed E-state index contributed by atoms with van der Waals surface area (Å²) in [5, 5.41) is 3.94. The second-order valence-electron chi connectivity index (χ2n) is 4.70. The van der Waals surface area contributed by atoms with Crippen LogP contribution in [0.4, 0.5) is 5.13 Å². The van der Waals surface area contributed by atoms with Gasteiger partial charge in [-0.3, -0.25) is 10.1 Å². The highest BCUT2D eigenvalue weighted by atomic mass is 35.5. The maximum atomic E-state index is 12.0. The van der Waals surface area contributed by atoms with Gasteiger partial charge < -0.3 is 4.74 Å². The van der Waals surface area contributed by atoms with Crippen LogP contribution in [0.5, 0.6) is 5.75 Å². The number of ether oxygens (including phenoxy) is 1. The number of halogens is 1. The molecule has 2 aromatic carbocycles. The molecule has 6 heteroatoms. The summed E-state index contributed by atoms with van der Waals surface area (Å²) in [6.45, 7) is 0. The van der Waals surface area contributed by atoms with Crippen molar-refractivity contribution in [2.45, 2.75) is 0 Å². The summed E-state index contributed by atoms with van der Waals surface area (Å²) in [5.41, 5.74) is 1.64. The van der Waals surface area contributed by atoms with Crippen molar-refractivity contribution < 1.29 is 9.53 Å². The molecule has 1 heterocycles. The lowest BCUT2D eigenvalue weighted by molar-refractivity contribution is -0.111. The normalized spacial score (nSPS) is 11.0. The van der Waals surface area contributed by atoms with E-state index in [2.05, 4.69) is 10.3 Å². The Balaban J connectivity index is 1.74. The Morgan fingerprint density at radius 2 is 2.13 bits per heavy atom. The van der Waals surface area contributed by atoms with Crippen molar-refractivity contribution in [2.75, 3.05) is 12.4 Å². The number of carbonyl (C=O) groups is 1. The van der Waals surface area contributed by atoms with E-state index in [0.29, 0.717) is 15.9 Å². The number of fused-ring (bicyclic) bond motifs is 1. The molecule has 1 amide bonds. The Bertz CT molecular complexity index is 889. The van der Waals surface area contributed by atoms with Gasteiger partial charge >= 0.3 is 0 Å². The van der Waals surface area contributed by atoms with E-state index in [0.717, 1.165) is 15.8 Å². The van der Waals surface area contributed by atoms with Crippen molar-refractivity contribution in [2.24, 2.45) is 0 Å². The average Bonchev–Trinajstić information content (AvgIpc) is 2.94. The van der Waals surface area contributed by atoms with Crippen LogP contribution in [-0.2, 0) is 4.79 Å². The van der Waals surface area contributed by atoms with Gasteiger partial charge in [-0.2, -0.15) is 0 Å². The Hall–Kier alpha value is -2.37. The minimum absolute atomic E-state index is 0.249. The van der Waals surface area contributed by atoms with Crippen molar-refractivity contribution in [3.8, 4) is 5.75 Å². The molecule has 0 aliphatic heterocycles. The Labute approximate surface area is 142 Å². The van der Waals surface area contributed by atoms with Gasteiger partial charge in [0.25, 0.3) is 0 Å². The van der Waals surface area contributed by atoms with Crippen LogP contribution in [0.1, 0.15) is 5.56 Å². The highest BCUT2D eigenvalue weighted by molar-refractivity contribution is 7.22. The number of carbonyl (C=O) groups excluding carboxylic acids is 1. The van der Waals surface area contributed by atoms with Gasteiger partial charge in [-0.05, 0) is 30.3 Å². The predicted molar refractivity (Wildman–Crippen MR) is 95.3 cm³/mol. The summed E-state index contributed by atoms with van der Waals surface area (Å²) in [5.74, 6) is 0.465. The molecule has 0 radical (unpaired) electrons. The molecule has 0 aliphatic carbocycles. The van der Waals surface area contributed by atoms with Gasteiger partial charge in [-0.1, -0.05) is 41.1 Å². The zero-order chi connectivity index (χ0) is 16.2. The van der Waals surface area contributed by atoms with Crippen LogP contribution >= 0.6 is 22.9 Å². The third-order valence-electron chi connectivity index (χ3n) is 3.13. The summed E-state index contributed by atoms with van der Waals surface area (Å²) in [7, 11) is 1.60. The van der Waals surface area contributed by atoms with E-state index in [9.17, 15) is 4.79 Å². The molecule has 0 bridgehead atoms. The number of amides is 1. The fourth-order valence-corrected chi connectivity index (χ4v) is 3.21. The third kappa shape index (κ3) is 3.70. The maximum Gasteiger partial charge on any atom is 0.250 e. The molecule has 3 rings (SSSR count). The molecule has 4 nitrogen and oxygen atoms in total. The molecule has 0 unspecified atom stereocenters. The number of benzene rings is 2. The SMILES string of the molecule is COc1ccccc1/C=C/C(=O)Nc1nc2ccc(Cl)cc2s1. The van der Waals surface area contributed by atoms with E-state index >= 15 is 0 Å². The summed E-state index contributed by atoms with van der Waals surface area (Å²) in [6, 6.07) is 12.9. The topological polar surface area (TPSA) is 51.2 Å². The second kappa shape index (κ2) is 6.81. The van der Waals surface area contributed by atoms with Gasteiger partial charge in [0.2, 0.25) is 5.91 Å². The highest BCUT2D eigenvalue weighted by Gasteiger charge is 2.06. The van der Waals surface area contributed by atoms with Crippen molar-refractivity contribution in [3.05, 3.63) is 59.1 Å². The zero-order valence-electron chi connectivity index (χ0n) is 12.2. The molecule has 0 saturated heterocycles. The van der Waals surface area contributed by atoms with E-state index in [1.165, 1.54) is 17.4 Å². The van der Waals surface area contributed by atoms with Crippen LogP contribution in [0.2, 0.25) is 5.02 Å². The lowest BCUT2D eigenvalue weighted by atomic mass is 10.2. The molecule has 116 valence electrons. The van der Waals surface area contributed by atoms with Crippen molar-refractivity contribution in [1.82, 2.24) is 4.98 Å². The zero-order valence-corrected chi connectivity index (χ0v) is 13.8. The number of nitrogens with zero attached hydrogens (tertiary/aromatic N) is 1. The number of para-hydroxylation sites is 1. The third-order valence-corrected chi connectivity index (χ3v) is 4.30. The molecular weight excluding hydrogens is 332 g/mol. The monoisotopic (exact) mass is 344 g/mol. The quantitative estimate of drug-likeness (QED) is 0.703. The van der Waals surface area contributed by atoms with Crippen molar-refractivity contribution >= 4 is 50.3 Å². The maximum absolute atomic E-state index is 12.0. The molecule has 0 spiro atoms. The standard InChI is InChI=1S/C17H13ClN2O2S/c1-22-14-5-3-2-4-11(14)6-9-16(21)20-17-19-13-8-7-12(18)10-15(13)23-17/h2-10H,1H3,(H,19,20,21)/b9-6+. The van der Waals surface area contributed by atoms with Gasteiger partial charge in [-0.15, -0.1) is 0 Å². The first-order valence-electron chi connectivity index (χ1n) is 6.84. The molecule has 0 atom stereocenters. The summed E-state index contributed by atoms with van der Waals surface area (Å²) < 4.78 is 6.17. The van der Waals surface area contributed by atoms with Crippen LogP contribution in [0.25, 0.3) is 16.3 Å². The summed E-state index contributed by atoms with van der Waals surface area (Å²) in [6.07, 6.45) is 3.16. The largest absolute Gasteiger partial charge is 0.496 e. The first-order valence-corrected chi connectivity index (χ1v) is 8.03. The number of hydrogen-bond donors (Lipinski definition) is 1. The molecule has 3 aromatic rings. The molecule has 0 saturated carbocycles. The first-order chi connectivity index (χ1) is 11.2. The van der Waals surface area contributed by atoms with E-state index in [-0.39, 0.29) is 5.91 Å². The molecule has 0 fully saturated rings. The lowest BCUT2D eigenvalue weighted by Crippen LogP contribution is -2.07. The van der Waals surface area contributed by atoms with Crippen molar-refractivity contribution in [3.63, 3.8) is 0 Å². The number of anilines is 1. The Morgan fingerprint density at radius 1 is 1.30 bits per heavy atom. The minimum Gasteiger partial charge on any atom is -0.496 e. The number of nitrogens with one attached hydrogen (secondary N) is 1. The van der Waals surface area contributed by atoms with Crippen LogP contribution in [0.15, 0.2) is 48.5 Å². The van der Waals surface area contributed by atoms with E-state index < -0.39 is 0 Å². The number of rotatable bonds is 4. The highest BCUT2D eigenvalue weighted by Crippen LogP contribution is 2.28. The fraction of sp³-hybridized carbons (Fsp3) is 0.0588. The summed E-state index contributed by atoms with van der Waals surface area (Å²) in [4.78, 5) is 16.4. The van der Waals surface area contributed by atoms with Gasteiger partial charge in [0, 0.05) is 16.7 Å². The minimum atomic E-state index is -0.249. The van der Waals surface area contributed by atoms with Crippen LogP contribution < -0.4 is 10.1 Å². The molecular formula is C17H13ClN2O2S. The van der Waals surface area contributed by atoms with E-state index in [1.807, 2.05) is 36.4 Å². The lowest BCUT2D eigenvalue weighted by Gasteiger charge is -2.03. The van der Waals surface area contributed by atoms with Gasteiger partial charge in [0.05, 0.1) is 17.3 Å².